The summed E-state index contributed by atoms with van der Waals surface area (Å²) in [6.07, 6.45) is 12.3. The average Bonchev–Trinajstić information content (AvgIpc) is 2.83. The third-order valence-corrected chi connectivity index (χ3v) is 3.56. The molecular formula is C20H26N2O. The highest BCUT2D eigenvalue weighted by Gasteiger charge is 2.04. The van der Waals surface area contributed by atoms with Gasteiger partial charge in [0.05, 0.1) is 6.54 Å². The molecule has 23 heavy (non-hydrogen) atoms. The van der Waals surface area contributed by atoms with Crippen LogP contribution in [0.25, 0.3) is 0 Å². The molecule has 3 heteroatoms. The molecule has 0 saturated carbocycles. The first-order chi connectivity index (χ1) is 11.3. The summed E-state index contributed by atoms with van der Waals surface area (Å²) in [5, 5.41) is 6.53. The van der Waals surface area contributed by atoms with Crippen molar-refractivity contribution in [2.24, 2.45) is 5.10 Å². The van der Waals surface area contributed by atoms with Crippen molar-refractivity contribution in [3.63, 3.8) is 0 Å². The Bertz CT molecular complexity index is 585. The van der Waals surface area contributed by atoms with Crippen molar-refractivity contribution in [1.29, 1.82) is 0 Å². The molecule has 0 atom stereocenters. The first-order valence-electron chi connectivity index (χ1n) is 8.32. The Morgan fingerprint density at radius 3 is 2.74 bits per heavy atom. The van der Waals surface area contributed by atoms with E-state index < -0.39 is 0 Å². The Kier molecular flexibility index (Phi) is 7.18. The van der Waals surface area contributed by atoms with Gasteiger partial charge in [0.2, 0.25) is 0 Å². The molecule has 1 aliphatic carbocycles. The molecule has 0 unspecified atom stereocenters. The lowest BCUT2D eigenvalue weighted by Crippen LogP contribution is -2.19. The first kappa shape index (κ1) is 17.1. The number of likely N-dealkylation sites (N-methyl/N-ethyl adjacent to an activating group) is 1. The zero-order valence-electron chi connectivity index (χ0n) is 14.1. The summed E-state index contributed by atoms with van der Waals surface area (Å²) in [6, 6.07) is 10.3. The van der Waals surface area contributed by atoms with Crippen molar-refractivity contribution in [3.8, 4) is 0 Å². The molecule has 1 aromatic rings. The molecule has 0 spiro atoms. The summed E-state index contributed by atoms with van der Waals surface area (Å²) >= 11 is 0. The fourth-order valence-corrected chi connectivity index (χ4v) is 2.25. The van der Waals surface area contributed by atoms with Gasteiger partial charge in [0, 0.05) is 19.2 Å². The van der Waals surface area contributed by atoms with Crippen molar-refractivity contribution in [3.05, 3.63) is 71.5 Å². The van der Waals surface area contributed by atoms with E-state index in [-0.39, 0.29) is 0 Å². The van der Waals surface area contributed by atoms with Crippen LogP contribution in [0.4, 0.5) is 0 Å². The van der Waals surface area contributed by atoms with Crippen molar-refractivity contribution in [1.82, 2.24) is 5.01 Å². The van der Waals surface area contributed by atoms with E-state index in [1.165, 1.54) is 11.1 Å². The van der Waals surface area contributed by atoms with Gasteiger partial charge >= 0.3 is 0 Å². The molecular weight excluding hydrogens is 284 g/mol. The van der Waals surface area contributed by atoms with E-state index in [0.717, 1.165) is 31.7 Å². The van der Waals surface area contributed by atoms with E-state index in [1.54, 1.807) is 0 Å². The van der Waals surface area contributed by atoms with Gasteiger partial charge in [0.25, 0.3) is 0 Å². The normalized spacial score (nSPS) is 14.3. The van der Waals surface area contributed by atoms with Gasteiger partial charge in [-0.2, -0.15) is 5.10 Å². The zero-order valence-corrected chi connectivity index (χ0v) is 14.1. The standard InChI is InChI=1S/C20H26N2O/c1-3-15-21-22(4-2)16-18-11-8-12-20(14-13-18)23-17-19-9-6-5-7-10-19/h5-11,13-15H,3-4,12,16-17H2,1-2H3/b21-15-. The summed E-state index contributed by atoms with van der Waals surface area (Å²) < 4.78 is 5.92. The lowest BCUT2D eigenvalue weighted by atomic mass is 10.2. The molecule has 3 nitrogen and oxygen atoms in total. The van der Waals surface area contributed by atoms with Crippen LogP contribution in [0.15, 0.2) is 71.1 Å². The number of nitrogens with zero attached hydrogens (tertiary/aromatic N) is 2. The Balaban J connectivity index is 1.92. The van der Waals surface area contributed by atoms with Crippen LogP contribution in [0, 0.1) is 0 Å². The third-order valence-electron chi connectivity index (χ3n) is 3.56. The topological polar surface area (TPSA) is 24.8 Å². The van der Waals surface area contributed by atoms with Crippen LogP contribution in [-0.2, 0) is 11.3 Å². The Labute approximate surface area is 139 Å². The second-order valence-corrected chi connectivity index (χ2v) is 5.44. The molecule has 0 N–H and O–H groups in total. The van der Waals surface area contributed by atoms with Gasteiger partial charge in [-0.05, 0) is 30.6 Å². The number of rotatable bonds is 8. The average molecular weight is 310 g/mol. The molecule has 0 bridgehead atoms. The van der Waals surface area contributed by atoms with Gasteiger partial charge in [0.1, 0.15) is 12.4 Å². The molecule has 0 heterocycles. The fraction of sp³-hybridized carbons (Fsp3) is 0.350. The molecule has 0 radical (unpaired) electrons. The second kappa shape index (κ2) is 9.67. The highest BCUT2D eigenvalue weighted by molar-refractivity contribution is 5.56. The summed E-state index contributed by atoms with van der Waals surface area (Å²) in [7, 11) is 0. The largest absolute Gasteiger partial charge is 0.493 e. The van der Waals surface area contributed by atoms with E-state index in [1.807, 2.05) is 24.4 Å². The minimum Gasteiger partial charge on any atom is -0.493 e. The Hall–Kier alpha value is -2.29. The van der Waals surface area contributed by atoms with Crippen LogP contribution in [0.1, 0.15) is 32.3 Å². The molecule has 0 amide bonds. The van der Waals surface area contributed by atoms with Crippen molar-refractivity contribution in [2.45, 2.75) is 33.3 Å². The van der Waals surface area contributed by atoms with E-state index in [9.17, 15) is 0 Å². The van der Waals surface area contributed by atoms with Gasteiger partial charge in [0.15, 0.2) is 0 Å². The van der Waals surface area contributed by atoms with E-state index in [2.05, 4.69) is 60.4 Å². The number of hydrogen-bond acceptors (Lipinski definition) is 3. The quantitative estimate of drug-likeness (QED) is 0.514. The van der Waals surface area contributed by atoms with Gasteiger partial charge in [-0.3, -0.25) is 5.01 Å². The van der Waals surface area contributed by atoms with Crippen LogP contribution in [-0.4, -0.2) is 24.3 Å². The van der Waals surface area contributed by atoms with Crippen molar-refractivity contribution in [2.75, 3.05) is 13.1 Å². The Morgan fingerprint density at radius 2 is 2.00 bits per heavy atom. The summed E-state index contributed by atoms with van der Waals surface area (Å²) in [4.78, 5) is 0. The lowest BCUT2D eigenvalue weighted by molar-refractivity contribution is 0.194. The fourth-order valence-electron chi connectivity index (χ4n) is 2.25. The molecule has 2 rings (SSSR count). The lowest BCUT2D eigenvalue weighted by Gasteiger charge is -2.17. The minimum absolute atomic E-state index is 0.617. The zero-order chi connectivity index (χ0) is 16.3. The highest BCUT2D eigenvalue weighted by Crippen LogP contribution is 2.15. The van der Waals surface area contributed by atoms with Crippen LogP contribution in [0.5, 0.6) is 0 Å². The molecule has 0 aliphatic heterocycles. The van der Waals surface area contributed by atoms with Crippen LogP contribution in [0.2, 0.25) is 0 Å². The van der Waals surface area contributed by atoms with Gasteiger partial charge in [-0.15, -0.1) is 0 Å². The van der Waals surface area contributed by atoms with Crippen LogP contribution < -0.4 is 0 Å². The maximum Gasteiger partial charge on any atom is 0.113 e. The van der Waals surface area contributed by atoms with Crippen molar-refractivity contribution < 1.29 is 4.74 Å². The van der Waals surface area contributed by atoms with E-state index in [4.69, 9.17) is 4.74 Å². The minimum atomic E-state index is 0.617. The third kappa shape index (κ3) is 6.15. The number of hydrogen-bond donors (Lipinski definition) is 0. The summed E-state index contributed by atoms with van der Waals surface area (Å²) in [5.41, 5.74) is 2.44. The van der Waals surface area contributed by atoms with E-state index >= 15 is 0 Å². The molecule has 0 fully saturated rings. The number of ether oxygens (including phenoxy) is 1. The highest BCUT2D eigenvalue weighted by atomic mass is 16.5. The summed E-state index contributed by atoms with van der Waals surface area (Å²) in [5.74, 6) is 1.00. The van der Waals surface area contributed by atoms with E-state index in [0.29, 0.717) is 6.61 Å². The maximum atomic E-state index is 5.92. The Morgan fingerprint density at radius 1 is 1.17 bits per heavy atom. The first-order valence-corrected chi connectivity index (χ1v) is 8.32. The monoisotopic (exact) mass is 310 g/mol. The van der Waals surface area contributed by atoms with Gasteiger partial charge in [-0.25, -0.2) is 0 Å². The molecule has 0 aromatic heterocycles. The van der Waals surface area contributed by atoms with Crippen molar-refractivity contribution >= 4 is 6.21 Å². The predicted molar refractivity (Wildman–Crippen MR) is 97.2 cm³/mol. The summed E-state index contributed by atoms with van der Waals surface area (Å²) in [6.45, 7) is 6.57. The maximum absolute atomic E-state index is 5.92. The van der Waals surface area contributed by atoms with Crippen LogP contribution in [0.3, 0.4) is 0 Å². The SMILES string of the molecule is CC/C=N\N(CC)CC1=CC=C(OCc2ccccc2)CC=C1. The molecule has 0 saturated heterocycles. The molecule has 1 aliphatic rings. The van der Waals surface area contributed by atoms with Gasteiger partial charge in [-0.1, -0.05) is 55.5 Å². The molecule has 1 aromatic carbocycles. The number of hydrazone groups is 1. The number of benzene rings is 1. The smallest absolute Gasteiger partial charge is 0.113 e. The second-order valence-electron chi connectivity index (χ2n) is 5.44. The van der Waals surface area contributed by atoms with Gasteiger partial charge < -0.3 is 4.74 Å². The predicted octanol–water partition coefficient (Wildman–Crippen LogP) is 4.69. The molecule has 122 valence electrons. The van der Waals surface area contributed by atoms with Crippen LogP contribution >= 0.6 is 0 Å². The number of allylic oxidation sites excluding steroid dienone is 3.